The van der Waals surface area contributed by atoms with E-state index in [1.165, 1.54) is 44.6 Å². The third-order valence-electron chi connectivity index (χ3n) is 14.2. The van der Waals surface area contributed by atoms with E-state index in [9.17, 15) is 42.3 Å². The van der Waals surface area contributed by atoms with Gasteiger partial charge in [0.05, 0.1) is 83.8 Å². The van der Waals surface area contributed by atoms with Crippen molar-refractivity contribution in [2.45, 2.75) is 71.7 Å². The Morgan fingerprint density at radius 2 is 0.949 bits per heavy atom. The number of nitrogens with zero attached hydrogens (tertiary/aromatic N) is 4. The molecule has 9 aromatic rings. The number of aliphatic hydroxyl groups is 3. The molecular formula is C72H67Br2Cl4F3N6O11. The van der Waals surface area contributed by atoms with Crippen LogP contribution < -0.4 is 5.73 Å². The fraction of sp³-hybridized carbons (Fsp3) is 0.208. The molecule has 1 saturated heterocycles. The highest BCUT2D eigenvalue weighted by Gasteiger charge is 2.20. The molecule has 0 atom stereocenters. The van der Waals surface area contributed by atoms with E-state index in [2.05, 4.69) is 56.3 Å². The van der Waals surface area contributed by atoms with Gasteiger partial charge in [0, 0.05) is 69.2 Å². The van der Waals surface area contributed by atoms with Gasteiger partial charge >= 0.3 is 17.9 Å². The zero-order valence-corrected chi connectivity index (χ0v) is 59.8. The van der Waals surface area contributed by atoms with E-state index in [1.54, 1.807) is 118 Å². The van der Waals surface area contributed by atoms with Crippen molar-refractivity contribution in [1.82, 2.24) is 19.9 Å². The van der Waals surface area contributed by atoms with Crippen molar-refractivity contribution in [3.63, 3.8) is 0 Å². The van der Waals surface area contributed by atoms with Crippen molar-refractivity contribution in [3.8, 4) is 33.4 Å². The number of benzene rings is 6. The molecule has 0 amide bonds. The molecule has 0 bridgehead atoms. The molecule has 0 spiro atoms. The Labute approximate surface area is 601 Å². The van der Waals surface area contributed by atoms with Gasteiger partial charge in [-0.2, -0.15) is 13.2 Å². The lowest BCUT2D eigenvalue weighted by atomic mass is 9.95. The van der Waals surface area contributed by atoms with Gasteiger partial charge in [-0.15, -0.1) is 0 Å². The molecule has 17 nitrogen and oxygen atoms in total. The van der Waals surface area contributed by atoms with Crippen LogP contribution in [0.5, 0.6) is 0 Å². The first kappa shape index (κ1) is 80.4. The number of halogens is 9. The average molecular weight is 1550 g/mol. The van der Waals surface area contributed by atoms with E-state index < -0.39 is 35.8 Å². The number of aryl methyl sites for hydroxylation is 4. The van der Waals surface area contributed by atoms with Gasteiger partial charge in [-0.05, 0) is 205 Å². The van der Waals surface area contributed by atoms with E-state index >= 15 is 0 Å². The number of aromatic carboxylic acids is 1. The number of methoxy groups -OCH3 is 2. The number of aromatic nitrogens is 3. The predicted molar refractivity (Wildman–Crippen MR) is 381 cm³/mol. The van der Waals surface area contributed by atoms with Crippen LogP contribution in [0.2, 0.25) is 20.1 Å². The Balaban J connectivity index is 0.000000222. The summed E-state index contributed by atoms with van der Waals surface area (Å²) in [6.45, 7) is 5.45. The quantitative estimate of drug-likeness (QED) is 0.0241. The molecule has 3 aromatic heterocycles. The Bertz CT molecular complexity index is 4360. The van der Waals surface area contributed by atoms with Crippen molar-refractivity contribution in [2.75, 3.05) is 27.8 Å². The minimum atomic E-state index is -1.08. The number of amidine groups is 1. The molecule has 4 heterocycles. The maximum absolute atomic E-state index is 13.3. The van der Waals surface area contributed by atoms with Crippen LogP contribution >= 0.6 is 78.3 Å². The molecule has 1 aliphatic rings. The Hall–Kier alpha value is -8.26. The number of hydrogen-bond acceptors (Lipinski definition) is 15. The molecule has 98 heavy (non-hydrogen) atoms. The molecule has 0 aliphatic carbocycles. The van der Waals surface area contributed by atoms with Gasteiger partial charge < -0.3 is 40.5 Å². The number of esters is 2. The summed E-state index contributed by atoms with van der Waals surface area (Å²) < 4.78 is 49.3. The summed E-state index contributed by atoms with van der Waals surface area (Å²) in [6, 6.07) is 39.5. The fourth-order valence-electron chi connectivity index (χ4n) is 9.31. The van der Waals surface area contributed by atoms with Crippen molar-refractivity contribution >= 4 is 114 Å². The number of carboxylic acid groups (broad SMARTS) is 1. The molecule has 0 saturated carbocycles. The predicted octanol–water partition coefficient (Wildman–Crippen LogP) is 16.1. The van der Waals surface area contributed by atoms with Gasteiger partial charge in [-0.3, -0.25) is 15.0 Å². The number of alkyl halides is 1. The summed E-state index contributed by atoms with van der Waals surface area (Å²) in [7, 11) is 4.37. The lowest BCUT2D eigenvalue weighted by Gasteiger charge is -2.10. The third kappa shape index (κ3) is 24.6. The SMILES string of the molecule is CN1CC(=O)CC1=N.COC(=O)c1cc(Br)cc(CO)c1.COC(=O)c1cc(CO)cc(-c2ccc(F)nc2C)c1.Cc1nc(F)ccc1-c1cc(CBr)cc(C(=O)CCc2ccc(Cl)c(Cl)c2)c1.Cc1nc(F)ccc1-c1cc(CO)cc(C(=O)O)c1.NCc1ccc(Cl)c(Cl)c1. The van der Waals surface area contributed by atoms with E-state index in [1.807, 2.05) is 30.3 Å². The highest BCUT2D eigenvalue weighted by molar-refractivity contribution is 9.10. The molecule has 1 fully saturated rings. The Morgan fingerprint density at radius 1 is 0.551 bits per heavy atom. The largest absolute Gasteiger partial charge is 0.478 e. The second-order valence-corrected chi connectivity index (χ2v) is 24.5. The van der Waals surface area contributed by atoms with Crippen LogP contribution in [0.4, 0.5) is 13.2 Å². The second kappa shape index (κ2) is 39.4. The number of nitrogens with one attached hydrogen (secondary N) is 1. The molecule has 0 unspecified atom stereocenters. The first-order chi connectivity index (χ1) is 46.5. The van der Waals surface area contributed by atoms with Crippen LogP contribution in [0.25, 0.3) is 33.4 Å². The summed E-state index contributed by atoms with van der Waals surface area (Å²) in [6.07, 6.45) is 1.25. The van der Waals surface area contributed by atoms with Crippen LogP contribution in [0.3, 0.4) is 0 Å². The minimum absolute atomic E-state index is 0.0304. The van der Waals surface area contributed by atoms with Crippen molar-refractivity contribution in [2.24, 2.45) is 5.73 Å². The number of ketones is 2. The zero-order valence-electron chi connectivity index (χ0n) is 53.6. The summed E-state index contributed by atoms with van der Waals surface area (Å²) >= 11 is 30.0. The number of rotatable bonds is 15. The number of Topliss-reactive ketones (excluding diaryl/α,β-unsaturated/α-hetero) is 2. The van der Waals surface area contributed by atoms with Crippen LogP contribution in [0.15, 0.2) is 150 Å². The number of hydrogen-bond donors (Lipinski definition) is 6. The highest BCUT2D eigenvalue weighted by Crippen LogP contribution is 2.31. The normalized spacial score (nSPS) is 11.2. The first-order valence-electron chi connectivity index (χ1n) is 29.4. The van der Waals surface area contributed by atoms with Gasteiger partial charge in [0.25, 0.3) is 0 Å². The standard InChI is InChI=1S/C22H17BrCl2FNO.C15H14FNO3.C14H12FNO3.C9H9BrO3.C7H7Cl2N.C5H8N2O/c1-13-18(4-7-22(26)27-13)16-8-15(12-23)9-17(11-16)21(28)6-3-14-2-5-19(24)20(25)10-14;1-9-13(3-4-14(16)17-9)11-5-10(8-18)6-12(7-11)15(19)20-2;1-8-12(2-3-13(15)16-8)10-4-9(7-17)5-11(6-10)14(18)19;1-13-9(12)7-2-6(5-11)3-8(10)4-7;8-6-2-1-5(4-10)3-7(6)9;1-7-3-4(8)2-5(7)6/h2,4-5,7-11H,3,6,12H2,1H3;3-7,18H,8H2,1-2H3;2-6,17H,7H2,1H3,(H,18,19);2-4,11H,5H2,1H3;1-3H,4,10H2;6H,2-3H2,1H3. The maximum atomic E-state index is 13.3. The summed E-state index contributed by atoms with van der Waals surface area (Å²) in [4.78, 5) is 70.1. The number of carbonyl (C=O) groups excluding carboxylic acids is 4. The number of likely N-dealkylation sites (tertiary alicyclic amines) is 1. The van der Waals surface area contributed by atoms with E-state index in [0.717, 1.165) is 32.3 Å². The number of ether oxygens (including phenoxy) is 2. The summed E-state index contributed by atoms with van der Waals surface area (Å²) in [5.41, 5.74) is 17.3. The fourth-order valence-corrected chi connectivity index (χ4v) is 10.8. The molecule has 26 heteroatoms. The van der Waals surface area contributed by atoms with E-state index in [-0.39, 0.29) is 37.0 Å². The molecule has 0 radical (unpaired) electrons. The topological polar surface area (TPSA) is 277 Å². The van der Waals surface area contributed by atoms with Crippen LogP contribution in [0.1, 0.15) is 105 Å². The number of pyridine rings is 3. The molecule has 10 rings (SSSR count). The van der Waals surface area contributed by atoms with Gasteiger partial charge in [0.15, 0.2) is 11.6 Å². The number of nitrogens with two attached hydrogens (primary N) is 1. The van der Waals surface area contributed by atoms with Crippen LogP contribution in [-0.2, 0) is 52.4 Å². The number of carbonyl (C=O) groups is 5. The third-order valence-corrected chi connectivity index (χ3v) is 16.8. The molecule has 7 N–H and O–H groups in total. The minimum Gasteiger partial charge on any atom is -0.478 e. The molecular weight excluding hydrogens is 1480 g/mol. The average Bonchev–Trinajstić information content (AvgIpc) is 0.944. The molecule has 514 valence electrons. The van der Waals surface area contributed by atoms with Gasteiger partial charge in [0.2, 0.25) is 17.8 Å². The smallest absolute Gasteiger partial charge is 0.337 e. The lowest BCUT2D eigenvalue weighted by molar-refractivity contribution is -0.116. The van der Waals surface area contributed by atoms with Crippen molar-refractivity contribution < 1.29 is 67.0 Å². The van der Waals surface area contributed by atoms with E-state index in [0.29, 0.717) is 136 Å². The number of aliphatic hydroxyl groups excluding tert-OH is 3. The van der Waals surface area contributed by atoms with Crippen molar-refractivity contribution in [3.05, 3.63) is 261 Å². The monoisotopic (exact) mass is 1550 g/mol. The van der Waals surface area contributed by atoms with Gasteiger partial charge in [-0.25, -0.2) is 29.3 Å². The Kier molecular flexibility index (Phi) is 32.3. The van der Waals surface area contributed by atoms with Crippen LogP contribution in [-0.4, -0.2) is 103 Å². The summed E-state index contributed by atoms with van der Waals surface area (Å²) in [5.74, 6) is -3.02. The highest BCUT2D eigenvalue weighted by atomic mass is 79.9. The second-order valence-electron chi connectivity index (χ2n) is 21.4. The first-order valence-corrected chi connectivity index (χ1v) is 32.8. The molecule has 1 aliphatic heterocycles. The molecule has 6 aromatic carbocycles. The lowest BCUT2D eigenvalue weighted by Crippen LogP contribution is -2.18. The number of likely N-dealkylation sites (N-methyl/N-ethyl adjacent to an activating group) is 1. The van der Waals surface area contributed by atoms with Crippen LogP contribution in [0, 0.1) is 44.0 Å². The van der Waals surface area contributed by atoms with Gasteiger partial charge in [-0.1, -0.05) is 96.5 Å². The van der Waals surface area contributed by atoms with Crippen molar-refractivity contribution in [1.29, 1.82) is 5.41 Å². The Morgan fingerprint density at radius 3 is 1.33 bits per heavy atom. The van der Waals surface area contributed by atoms with E-state index in [4.69, 9.17) is 72.9 Å². The summed E-state index contributed by atoms with van der Waals surface area (Å²) in [5, 5.41) is 46.1. The number of carboxylic acids is 1. The maximum Gasteiger partial charge on any atom is 0.337 e. The van der Waals surface area contributed by atoms with Gasteiger partial charge in [0.1, 0.15) is 5.84 Å². The zero-order chi connectivity index (χ0) is 72.5.